The molecule has 3 aromatic rings. The summed E-state index contributed by atoms with van der Waals surface area (Å²) in [6, 6.07) is 17.5. The molecule has 3 rings (SSSR count). The maximum absolute atomic E-state index is 5.97. The molecule has 0 saturated carbocycles. The maximum Gasteiger partial charge on any atom is 0.150 e. The number of nitrogens with two attached hydrogens (primary N) is 1. The number of methoxy groups -OCH3 is 1. The van der Waals surface area contributed by atoms with Crippen molar-refractivity contribution >= 4 is 5.82 Å². The zero-order valence-corrected chi connectivity index (χ0v) is 11.7. The van der Waals surface area contributed by atoms with Crippen molar-refractivity contribution in [2.24, 2.45) is 0 Å². The summed E-state index contributed by atoms with van der Waals surface area (Å²) < 4.78 is 5.16. The molecule has 0 aliphatic heterocycles. The van der Waals surface area contributed by atoms with Gasteiger partial charge in [-0.3, -0.25) is 0 Å². The van der Waals surface area contributed by atoms with E-state index < -0.39 is 0 Å². The Morgan fingerprint density at radius 2 is 1.62 bits per heavy atom. The van der Waals surface area contributed by atoms with E-state index in [2.05, 4.69) is 9.97 Å². The van der Waals surface area contributed by atoms with Crippen molar-refractivity contribution in [3.05, 3.63) is 60.8 Å². The van der Waals surface area contributed by atoms with Crippen LogP contribution < -0.4 is 10.5 Å². The zero-order chi connectivity index (χ0) is 14.7. The van der Waals surface area contributed by atoms with E-state index in [1.807, 2.05) is 54.6 Å². The van der Waals surface area contributed by atoms with Gasteiger partial charge in [0.05, 0.1) is 19.0 Å². The van der Waals surface area contributed by atoms with E-state index in [0.29, 0.717) is 11.5 Å². The first-order valence-corrected chi connectivity index (χ1v) is 6.60. The van der Waals surface area contributed by atoms with E-state index in [4.69, 9.17) is 10.5 Å². The van der Waals surface area contributed by atoms with Gasteiger partial charge in [0.15, 0.2) is 0 Å². The lowest BCUT2D eigenvalue weighted by Gasteiger charge is -2.08. The van der Waals surface area contributed by atoms with Crippen LogP contribution in [0.5, 0.6) is 5.75 Å². The summed E-state index contributed by atoms with van der Waals surface area (Å²) in [6.45, 7) is 0. The van der Waals surface area contributed by atoms with Crippen LogP contribution in [0.15, 0.2) is 60.8 Å². The molecule has 0 spiro atoms. The van der Waals surface area contributed by atoms with Crippen LogP contribution in [0, 0.1) is 0 Å². The van der Waals surface area contributed by atoms with Crippen LogP contribution >= 0.6 is 0 Å². The van der Waals surface area contributed by atoms with Crippen molar-refractivity contribution in [2.45, 2.75) is 0 Å². The molecule has 0 atom stereocenters. The van der Waals surface area contributed by atoms with Crippen molar-refractivity contribution < 1.29 is 4.74 Å². The SMILES string of the molecule is COc1ccc(-c2nc(-c3ccccc3)cnc2N)cc1. The first-order chi connectivity index (χ1) is 10.3. The Bertz CT molecular complexity index is 740. The van der Waals surface area contributed by atoms with E-state index in [9.17, 15) is 0 Å². The highest BCUT2D eigenvalue weighted by atomic mass is 16.5. The van der Waals surface area contributed by atoms with E-state index in [0.717, 1.165) is 22.6 Å². The quantitative estimate of drug-likeness (QED) is 0.797. The predicted molar refractivity (Wildman–Crippen MR) is 83.9 cm³/mol. The summed E-state index contributed by atoms with van der Waals surface area (Å²) in [5, 5.41) is 0. The van der Waals surface area contributed by atoms with Crippen molar-refractivity contribution in [3.8, 4) is 28.3 Å². The van der Waals surface area contributed by atoms with Gasteiger partial charge in [0, 0.05) is 11.1 Å². The largest absolute Gasteiger partial charge is 0.497 e. The van der Waals surface area contributed by atoms with Gasteiger partial charge in [-0.25, -0.2) is 9.97 Å². The molecule has 21 heavy (non-hydrogen) atoms. The van der Waals surface area contributed by atoms with E-state index in [1.54, 1.807) is 13.3 Å². The molecule has 2 aromatic carbocycles. The molecule has 4 heteroatoms. The van der Waals surface area contributed by atoms with Gasteiger partial charge in [-0.15, -0.1) is 0 Å². The first-order valence-electron chi connectivity index (χ1n) is 6.60. The third kappa shape index (κ3) is 2.69. The van der Waals surface area contributed by atoms with Crippen LogP contribution in [0.25, 0.3) is 22.5 Å². The number of benzene rings is 2. The van der Waals surface area contributed by atoms with Crippen LogP contribution in [0.2, 0.25) is 0 Å². The van der Waals surface area contributed by atoms with Gasteiger partial charge in [0.2, 0.25) is 0 Å². The average molecular weight is 277 g/mol. The molecule has 1 aromatic heterocycles. The molecule has 0 fully saturated rings. The standard InChI is InChI=1S/C17H15N3O/c1-21-14-9-7-13(8-10-14)16-17(18)19-11-15(20-16)12-5-3-2-4-6-12/h2-11H,1H3,(H2,18,19). The summed E-state index contributed by atoms with van der Waals surface area (Å²) >= 11 is 0. The molecule has 0 radical (unpaired) electrons. The van der Waals surface area contributed by atoms with Gasteiger partial charge in [0.25, 0.3) is 0 Å². The summed E-state index contributed by atoms with van der Waals surface area (Å²) in [4.78, 5) is 8.90. The first kappa shape index (κ1) is 13.1. The maximum atomic E-state index is 5.97. The summed E-state index contributed by atoms with van der Waals surface area (Å²) in [6.07, 6.45) is 1.69. The van der Waals surface area contributed by atoms with Crippen molar-refractivity contribution in [2.75, 3.05) is 12.8 Å². The normalized spacial score (nSPS) is 10.3. The highest BCUT2D eigenvalue weighted by Gasteiger charge is 2.09. The molecular formula is C17H15N3O. The molecular weight excluding hydrogens is 262 g/mol. The molecule has 0 saturated heterocycles. The summed E-state index contributed by atoms with van der Waals surface area (Å²) in [5.74, 6) is 1.21. The Morgan fingerprint density at radius 3 is 2.29 bits per heavy atom. The van der Waals surface area contributed by atoms with Crippen LogP contribution in [0.1, 0.15) is 0 Å². The molecule has 0 aliphatic carbocycles. The molecule has 0 bridgehead atoms. The second-order valence-electron chi connectivity index (χ2n) is 4.58. The van der Waals surface area contributed by atoms with Crippen LogP contribution in [-0.2, 0) is 0 Å². The predicted octanol–water partition coefficient (Wildman–Crippen LogP) is 3.40. The molecule has 0 aliphatic rings. The number of anilines is 1. The third-order valence-corrected chi connectivity index (χ3v) is 3.23. The molecule has 0 amide bonds. The fourth-order valence-electron chi connectivity index (χ4n) is 2.11. The van der Waals surface area contributed by atoms with Gasteiger partial charge in [-0.1, -0.05) is 30.3 Å². The average Bonchev–Trinajstić information content (AvgIpc) is 2.56. The highest BCUT2D eigenvalue weighted by Crippen LogP contribution is 2.27. The number of rotatable bonds is 3. The molecule has 104 valence electrons. The fraction of sp³-hybridized carbons (Fsp3) is 0.0588. The monoisotopic (exact) mass is 277 g/mol. The van der Waals surface area contributed by atoms with Gasteiger partial charge in [-0.2, -0.15) is 0 Å². The lowest BCUT2D eigenvalue weighted by molar-refractivity contribution is 0.415. The van der Waals surface area contributed by atoms with Crippen LogP contribution in [0.3, 0.4) is 0 Å². The molecule has 1 heterocycles. The van der Waals surface area contributed by atoms with Crippen molar-refractivity contribution in [3.63, 3.8) is 0 Å². The van der Waals surface area contributed by atoms with Crippen LogP contribution in [0.4, 0.5) is 5.82 Å². The minimum Gasteiger partial charge on any atom is -0.497 e. The number of aromatic nitrogens is 2. The van der Waals surface area contributed by atoms with Crippen molar-refractivity contribution in [1.29, 1.82) is 0 Å². The Labute approximate surface area is 123 Å². The van der Waals surface area contributed by atoms with E-state index >= 15 is 0 Å². The molecule has 2 N–H and O–H groups in total. The van der Waals surface area contributed by atoms with Gasteiger partial charge in [-0.05, 0) is 24.3 Å². The summed E-state index contributed by atoms with van der Waals surface area (Å²) in [5.41, 5.74) is 9.38. The Balaban J connectivity index is 2.05. The second-order valence-corrected chi connectivity index (χ2v) is 4.58. The number of hydrogen-bond acceptors (Lipinski definition) is 4. The van der Waals surface area contributed by atoms with E-state index in [1.165, 1.54) is 0 Å². The second kappa shape index (κ2) is 5.63. The number of hydrogen-bond donors (Lipinski definition) is 1. The minimum absolute atomic E-state index is 0.417. The number of ether oxygens (including phenoxy) is 1. The van der Waals surface area contributed by atoms with Crippen LogP contribution in [-0.4, -0.2) is 17.1 Å². The van der Waals surface area contributed by atoms with Gasteiger partial charge < -0.3 is 10.5 Å². The Morgan fingerprint density at radius 1 is 0.905 bits per heavy atom. The number of nitrogen functional groups attached to an aromatic ring is 1. The lowest BCUT2D eigenvalue weighted by Crippen LogP contribution is -1.98. The smallest absolute Gasteiger partial charge is 0.150 e. The minimum atomic E-state index is 0.417. The van der Waals surface area contributed by atoms with E-state index in [-0.39, 0.29) is 0 Å². The topological polar surface area (TPSA) is 61.0 Å². The van der Waals surface area contributed by atoms with Gasteiger partial charge in [0.1, 0.15) is 17.3 Å². The molecule has 0 unspecified atom stereocenters. The highest BCUT2D eigenvalue weighted by molar-refractivity contribution is 5.73. The Hall–Kier alpha value is -2.88. The fourth-order valence-corrected chi connectivity index (χ4v) is 2.11. The third-order valence-electron chi connectivity index (χ3n) is 3.23. The molecule has 4 nitrogen and oxygen atoms in total. The summed E-state index contributed by atoms with van der Waals surface area (Å²) in [7, 11) is 1.64. The van der Waals surface area contributed by atoms with Gasteiger partial charge >= 0.3 is 0 Å². The Kier molecular flexibility index (Phi) is 3.51. The van der Waals surface area contributed by atoms with Crippen molar-refractivity contribution in [1.82, 2.24) is 9.97 Å². The lowest BCUT2D eigenvalue weighted by atomic mass is 10.1. The number of nitrogens with zero attached hydrogens (tertiary/aromatic N) is 2. The zero-order valence-electron chi connectivity index (χ0n) is 11.7.